The van der Waals surface area contributed by atoms with Crippen LogP contribution in [0.15, 0.2) is 60.7 Å². The molecule has 0 aromatic heterocycles. The Hall–Kier alpha value is -8.32. The van der Waals surface area contributed by atoms with Gasteiger partial charge in [0.1, 0.15) is 49.5 Å². The van der Waals surface area contributed by atoms with E-state index < -0.39 is 146 Å². The monoisotopic (exact) mass is 1170 g/mol. The van der Waals surface area contributed by atoms with Gasteiger partial charge in [0.2, 0.25) is 59.1 Å². The van der Waals surface area contributed by atoms with Crippen LogP contribution in [0, 0.1) is 0 Å². The second kappa shape index (κ2) is 30.3. The van der Waals surface area contributed by atoms with Crippen LogP contribution in [0.4, 0.5) is 9.59 Å². The second-order valence-electron chi connectivity index (χ2n) is 22.2. The Morgan fingerprint density at radius 1 is 0.452 bits per heavy atom. The normalized spacial score (nSPS) is 26.5. The van der Waals surface area contributed by atoms with Crippen LogP contribution in [-0.4, -0.2) is 215 Å². The molecule has 5 heterocycles. The molecule has 26 nitrogen and oxygen atoms in total. The van der Waals surface area contributed by atoms with Crippen LogP contribution in [0.25, 0.3) is 0 Å². The lowest BCUT2D eigenvalue weighted by Crippen LogP contribution is -2.64. The predicted molar refractivity (Wildman–Crippen MR) is 301 cm³/mol. The Morgan fingerprint density at radius 3 is 1.12 bits per heavy atom. The van der Waals surface area contributed by atoms with E-state index >= 15 is 0 Å². The molecule has 12 amide bonds. The fourth-order valence-corrected chi connectivity index (χ4v) is 11.3. The lowest BCUT2D eigenvalue weighted by Gasteiger charge is -2.39. The van der Waals surface area contributed by atoms with Gasteiger partial charge in [-0.25, -0.2) is 9.59 Å². The van der Waals surface area contributed by atoms with Gasteiger partial charge in [-0.15, -0.1) is 0 Å². The van der Waals surface area contributed by atoms with Crippen LogP contribution in [0.2, 0.25) is 0 Å². The standard InChI is InChI=1S/C58H80N12O14/c1-37-49(63-57(81)83-35-39-19-7-5-8-20-39)55(79)69-29-17-13-23-41(69)51(75)59-31-45(71)66(4)34-48(74)68-28-16-12-26-44(68)54(78)62-38(2)50(64-58(82)84-36-40-21-9-6-10-22-40)56(80)70-30-18-14-24-42(70)52(76)60-32-46(72)65(3)33-47(73)67-27-15-11-25-43(67)53(77)61-37/h5-10,19-22,37-38,41-44,49-50H,11-18,23-36H2,1-4H3,(H,59,75)(H,60,76)(H,61,77)(H,62,78)(H,63,81)(H,64,82)/t37-,38-,41-,42-,43-,44-,49+,50+/m0/s1. The van der Waals surface area contributed by atoms with Gasteiger partial charge in [-0.1, -0.05) is 60.7 Å². The molecule has 0 radical (unpaired) electrons. The van der Waals surface area contributed by atoms with Crippen molar-refractivity contribution in [3.8, 4) is 0 Å². The number of fused-ring (bicyclic) bond motifs is 4. The first-order valence-electron chi connectivity index (χ1n) is 29.1. The predicted octanol–water partition coefficient (Wildman–Crippen LogP) is 0.273. The number of nitrogens with one attached hydrogen (secondary N) is 6. The minimum atomic E-state index is -1.50. The molecule has 0 saturated carbocycles. The quantitative estimate of drug-likeness (QED) is 0.226. The number of piperidine rings is 4. The topological polar surface area (TPSA) is 315 Å². The van der Waals surface area contributed by atoms with Gasteiger partial charge in [-0.2, -0.15) is 0 Å². The zero-order valence-electron chi connectivity index (χ0n) is 48.3. The molecule has 6 N–H and O–H groups in total. The van der Waals surface area contributed by atoms with Crippen LogP contribution in [0.3, 0.4) is 0 Å². The first-order chi connectivity index (χ1) is 40.3. The number of alkyl carbamates (subject to hydrolysis) is 2. The lowest BCUT2D eigenvalue weighted by atomic mass is 9.97. The summed E-state index contributed by atoms with van der Waals surface area (Å²) in [5.74, 6) is -6.58. The molecule has 5 aliphatic rings. The number of rotatable bonds is 6. The van der Waals surface area contributed by atoms with Gasteiger partial charge < -0.3 is 70.8 Å². The van der Waals surface area contributed by atoms with E-state index in [0.29, 0.717) is 62.5 Å². The van der Waals surface area contributed by atoms with E-state index in [1.807, 2.05) is 0 Å². The largest absolute Gasteiger partial charge is 0.445 e. The summed E-state index contributed by atoms with van der Waals surface area (Å²) in [6.07, 6.45) is 3.10. The fourth-order valence-electron chi connectivity index (χ4n) is 11.3. The van der Waals surface area contributed by atoms with Crippen molar-refractivity contribution in [2.45, 2.75) is 152 Å². The average Bonchev–Trinajstić information content (AvgIpc) is 2.77. The molecule has 84 heavy (non-hydrogen) atoms. The Morgan fingerprint density at radius 2 is 0.774 bits per heavy atom. The zero-order chi connectivity index (χ0) is 60.5. The molecule has 2 aromatic carbocycles. The van der Waals surface area contributed by atoms with Crippen molar-refractivity contribution < 1.29 is 67.0 Å². The highest BCUT2D eigenvalue weighted by Gasteiger charge is 2.43. The number of likely N-dealkylation sites (N-methyl/N-ethyl adjacent to an activating group) is 2. The number of hydrogen-bond acceptors (Lipinski definition) is 14. The molecule has 5 aliphatic heterocycles. The highest BCUT2D eigenvalue weighted by molar-refractivity contribution is 5.97. The van der Waals surface area contributed by atoms with Crippen molar-refractivity contribution in [2.24, 2.45) is 0 Å². The highest BCUT2D eigenvalue weighted by Crippen LogP contribution is 2.24. The third-order valence-corrected chi connectivity index (χ3v) is 16.1. The number of ether oxygens (including phenoxy) is 2. The summed E-state index contributed by atoms with van der Waals surface area (Å²) < 4.78 is 11.0. The molecular formula is C58H80N12O14. The third-order valence-electron chi connectivity index (χ3n) is 16.1. The van der Waals surface area contributed by atoms with Gasteiger partial charge in [-0.3, -0.25) is 47.9 Å². The maximum atomic E-state index is 14.8. The molecule has 456 valence electrons. The molecule has 0 unspecified atom stereocenters. The number of benzene rings is 2. The molecule has 26 heteroatoms. The molecule has 0 bridgehead atoms. The van der Waals surface area contributed by atoms with Crippen molar-refractivity contribution in [2.75, 3.05) is 66.5 Å². The molecule has 5 fully saturated rings. The maximum absolute atomic E-state index is 14.8. The van der Waals surface area contributed by atoms with Crippen LogP contribution < -0.4 is 31.9 Å². The second-order valence-corrected chi connectivity index (χ2v) is 22.2. The number of hydrogen-bond donors (Lipinski definition) is 6. The van der Waals surface area contributed by atoms with E-state index in [-0.39, 0.29) is 65.1 Å². The van der Waals surface area contributed by atoms with Gasteiger partial charge in [-0.05, 0) is 102 Å². The average molecular weight is 1170 g/mol. The number of carbonyl (C=O) groups excluding carboxylic acids is 12. The Balaban J connectivity index is 1.14. The van der Waals surface area contributed by atoms with E-state index in [2.05, 4.69) is 31.9 Å². The highest BCUT2D eigenvalue weighted by atomic mass is 16.6. The Labute approximate surface area is 488 Å². The van der Waals surface area contributed by atoms with Crippen molar-refractivity contribution in [1.82, 2.24) is 61.3 Å². The number of amides is 12. The zero-order valence-corrected chi connectivity index (χ0v) is 48.3. The Kier molecular flexibility index (Phi) is 22.8. The van der Waals surface area contributed by atoms with Gasteiger partial charge >= 0.3 is 12.2 Å². The molecule has 5 saturated heterocycles. The summed E-state index contributed by atoms with van der Waals surface area (Å²) in [5.41, 5.74) is 1.32. The lowest BCUT2D eigenvalue weighted by molar-refractivity contribution is -0.148. The van der Waals surface area contributed by atoms with Gasteiger partial charge in [0.05, 0.1) is 38.3 Å². The van der Waals surface area contributed by atoms with E-state index in [1.54, 1.807) is 60.7 Å². The van der Waals surface area contributed by atoms with E-state index in [4.69, 9.17) is 9.47 Å². The molecule has 2 aromatic rings. The summed E-state index contributed by atoms with van der Waals surface area (Å²) in [4.78, 5) is 176. The molecule has 0 spiro atoms. The summed E-state index contributed by atoms with van der Waals surface area (Å²) in [7, 11) is 2.73. The first-order valence-corrected chi connectivity index (χ1v) is 29.1. The number of carbonyl (C=O) groups is 12. The third kappa shape index (κ3) is 16.9. The summed E-state index contributed by atoms with van der Waals surface area (Å²) >= 11 is 0. The minimum absolute atomic E-state index is 0.0785. The Bertz CT molecular complexity index is 2540. The van der Waals surface area contributed by atoms with Crippen molar-refractivity contribution in [3.05, 3.63) is 71.8 Å². The van der Waals surface area contributed by atoms with Crippen LogP contribution in [0.5, 0.6) is 0 Å². The minimum Gasteiger partial charge on any atom is -0.445 e. The van der Waals surface area contributed by atoms with Crippen molar-refractivity contribution >= 4 is 71.3 Å². The van der Waals surface area contributed by atoms with Crippen molar-refractivity contribution in [1.29, 1.82) is 0 Å². The van der Waals surface area contributed by atoms with Gasteiger partial charge in [0, 0.05) is 40.3 Å². The molecular weight excluding hydrogens is 1090 g/mol. The van der Waals surface area contributed by atoms with Gasteiger partial charge in [0.25, 0.3) is 0 Å². The van der Waals surface area contributed by atoms with Crippen LogP contribution >= 0.6 is 0 Å². The van der Waals surface area contributed by atoms with Crippen LogP contribution in [-0.2, 0) is 70.6 Å². The summed E-state index contributed by atoms with van der Waals surface area (Å²) in [6, 6.07) is 7.97. The summed E-state index contributed by atoms with van der Waals surface area (Å²) in [6.45, 7) is 1.05. The molecule has 8 atom stereocenters. The fraction of sp³-hybridized carbons (Fsp3) is 0.586. The van der Waals surface area contributed by atoms with E-state index in [0.717, 1.165) is 9.80 Å². The van der Waals surface area contributed by atoms with Gasteiger partial charge in [0.15, 0.2) is 0 Å². The van der Waals surface area contributed by atoms with E-state index in [1.165, 1.54) is 47.5 Å². The van der Waals surface area contributed by atoms with E-state index in [9.17, 15) is 57.5 Å². The maximum Gasteiger partial charge on any atom is 0.408 e. The smallest absolute Gasteiger partial charge is 0.408 e. The first kappa shape index (κ1) is 63.3. The number of nitrogens with zero attached hydrogens (tertiary/aromatic N) is 6. The molecule has 0 aliphatic carbocycles. The summed E-state index contributed by atoms with van der Waals surface area (Å²) in [5, 5.41) is 16.1. The van der Waals surface area contributed by atoms with Crippen LogP contribution in [0.1, 0.15) is 102 Å². The SMILES string of the molecule is C[C@@H]1NC(=O)[C@@H]2CCCCN2C(=O)CN(C)C(=O)CNC(=O)[C@@H]2CCCCN2C(=O)[C@H](NC(=O)OCc2ccccc2)[C@H](C)NC(=O)[C@@H]2CCCCN2C(=O)CN(C)C(=O)CNC(=O)[C@@H]2CCCCN2C(=O)[C@@H]1NC(=O)OCc1ccccc1. The molecule has 7 rings (SSSR count). The van der Waals surface area contributed by atoms with Crippen molar-refractivity contribution in [3.63, 3.8) is 0 Å².